The molecule has 0 bridgehead atoms. The minimum absolute atomic E-state index is 0.220. The normalized spacial score (nSPS) is 12.1. The first-order chi connectivity index (χ1) is 7.67. The van der Waals surface area contributed by atoms with Crippen LogP contribution in [0.3, 0.4) is 0 Å². The predicted octanol–water partition coefficient (Wildman–Crippen LogP) is 4.06. The molecule has 0 radical (unpaired) electrons. The van der Waals surface area contributed by atoms with Gasteiger partial charge >= 0.3 is 0 Å². The van der Waals surface area contributed by atoms with Gasteiger partial charge in [-0.25, -0.2) is 0 Å². The van der Waals surface area contributed by atoms with Gasteiger partial charge in [0, 0.05) is 22.5 Å². The molecular formula is C13H15Cl2N. The van der Waals surface area contributed by atoms with E-state index in [1.165, 1.54) is 0 Å². The third-order valence-corrected chi connectivity index (χ3v) is 2.75. The van der Waals surface area contributed by atoms with Gasteiger partial charge in [0.25, 0.3) is 0 Å². The van der Waals surface area contributed by atoms with Crippen molar-refractivity contribution in [1.82, 2.24) is 5.32 Å². The summed E-state index contributed by atoms with van der Waals surface area (Å²) < 4.78 is 0. The molecule has 1 unspecified atom stereocenters. The molecular weight excluding hydrogens is 241 g/mol. The number of benzene rings is 1. The molecule has 0 aliphatic rings. The van der Waals surface area contributed by atoms with Crippen LogP contribution in [0.1, 0.15) is 31.4 Å². The van der Waals surface area contributed by atoms with Crippen molar-refractivity contribution in [3.8, 4) is 12.3 Å². The summed E-state index contributed by atoms with van der Waals surface area (Å²) >= 11 is 12.0. The molecule has 1 aromatic carbocycles. The van der Waals surface area contributed by atoms with Gasteiger partial charge < -0.3 is 5.32 Å². The number of hydrogen-bond acceptors (Lipinski definition) is 1. The summed E-state index contributed by atoms with van der Waals surface area (Å²) in [7, 11) is 0. The van der Waals surface area contributed by atoms with Crippen molar-refractivity contribution >= 4 is 23.2 Å². The van der Waals surface area contributed by atoms with Crippen LogP contribution in [-0.2, 0) is 0 Å². The first-order valence-electron chi connectivity index (χ1n) is 5.30. The molecule has 1 atom stereocenters. The number of halogens is 2. The zero-order valence-electron chi connectivity index (χ0n) is 9.26. The molecule has 0 saturated carbocycles. The monoisotopic (exact) mass is 255 g/mol. The molecule has 0 fully saturated rings. The lowest BCUT2D eigenvalue weighted by atomic mass is 10.0. The standard InChI is InChI=1S/C13H15Cl2N/c1-3-5-6-13(16-4-2)10-7-11(14)9-12(15)8-10/h1,7-9,13,16H,4-6H2,2H3. The Morgan fingerprint density at radius 1 is 1.31 bits per heavy atom. The maximum atomic E-state index is 5.98. The van der Waals surface area contributed by atoms with Crippen molar-refractivity contribution in [2.75, 3.05) is 6.54 Å². The Bertz CT molecular complexity index is 362. The van der Waals surface area contributed by atoms with Gasteiger partial charge in [-0.05, 0) is 36.7 Å². The van der Waals surface area contributed by atoms with E-state index < -0.39 is 0 Å². The molecule has 1 aromatic rings. The second-order valence-electron chi connectivity index (χ2n) is 3.56. The Kier molecular flexibility index (Phi) is 5.69. The zero-order chi connectivity index (χ0) is 12.0. The Hall–Kier alpha value is -0.680. The zero-order valence-corrected chi connectivity index (χ0v) is 10.8. The minimum Gasteiger partial charge on any atom is -0.310 e. The summed E-state index contributed by atoms with van der Waals surface area (Å²) in [4.78, 5) is 0. The second-order valence-corrected chi connectivity index (χ2v) is 4.43. The van der Waals surface area contributed by atoms with Crippen molar-refractivity contribution in [3.05, 3.63) is 33.8 Å². The highest BCUT2D eigenvalue weighted by molar-refractivity contribution is 6.34. The highest BCUT2D eigenvalue weighted by Crippen LogP contribution is 2.25. The molecule has 0 spiro atoms. The van der Waals surface area contributed by atoms with Gasteiger partial charge in [0.05, 0.1) is 0 Å². The fourth-order valence-corrected chi connectivity index (χ4v) is 2.18. The van der Waals surface area contributed by atoms with Crippen LogP contribution in [0.4, 0.5) is 0 Å². The molecule has 1 nitrogen and oxygen atoms in total. The fraction of sp³-hybridized carbons (Fsp3) is 0.385. The quantitative estimate of drug-likeness (QED) is 0.783. The van der Waals surface area contributed by atoms with Crippen LogP contribution >= 0.6 is 23.2 Å². The molecule has 86 valence electrons. The molecule has 1 rings (SSSR count). The van der Waals surface area contributed by atoms with E-state index >= 15 is 0 Å². The highest BCUT2D eigenvalue weighted by Gasteiger charge is 2.10. The molecule has 0 aliphatic carbocycles. The maximum Gasteiger partial charge on any atom is 0.0424 e. The number of hydrogen-bond donors (Lipinski definition) is 1. The average molecular weight is 256 g/mol. The van der Waals surface area contributed by atoms with Crippen molar-refractivity contribution in [2.45, 2.75) is 25.8 Å². The van der Waals surface area contributed by atoms with E-state index in [1.807, 2.05) is 12.1 Å². The summed E-state index contributed by atoms with van der Waals surface area (Å²) in [5.41, 5.74) is 1.09. The first kappa shape index (κ1) is 13.4. The van der Waals surface area contributed by atoms with E-state index in [0.29, 0.717) is 10.0 Å². The molecule has 1 N–H and O–H groups in total. The summed E-state index contributed by atoms with van der Waals surface area (Å²) in [5.74, 6) is 2.65. The lowest BCUT2D eigenvalue weighted by Gasteiger charge is -2.17. The molecule has 16 heavy (non-hydrogen) atoms. The third-order valence-electron chi connectivity index (χ3n) is 2.32. The van der Waals surface area contributed by atoms with Crippen LogP contribution in [0.15, 0.2) is 18.2 Å². The summed E-state index contributed by atoms with van der Waals surface area (Å²) in [5, 5.41) is 4.69. The van der Waals surface area contributed by atoms with Crippen LogP contribution in [-0.4, -0.2) is 6.54 Å². The summed E-state index contributed by atoms with van der Waals surface area (Å²) in [6.45, 7) is 2.95. The number of nitrogens with one attached hydrogen (secondary N) is 1. The maximum absolute atomic E-state index is 5.98. The summed E-state index contributed by atoms with van der Waals surface area (Å²) in [6, 6.07) is 5.81. The second kappa shape index (κ2) is 6.81. The van der Waals surface area contributed by atoms with E-state index in [1.54, 1.807) is 6.07 Å². The SMILES string of the molecule is C#CCCC(NCC)c1cc(Cl)cc(Cl)c1. The minimum atomic E-state index is 0.220. The largest absolute Gasteiger partial charge is 0.310 e. The predicted molar refractivity (Wildman–Crippen MR) is 70.9 cm³/mol. The van der Waals surface area contributed by atoms with E-state index in [0.717, 1.165) is 24.9 Å². The Morgan fingerprint density at radius 2 is 1.94 bits per heavy atom. The van der Waals surface area contributed by atoms with Gasteiger partial charge in [-0.15, -0.1) is 12.3 Å². The smallest absolute Gasteiger partial charge is 0.0424 e. The van der Waals surface area contributed by atoms with Crippen molar-refractivity contribution in [3.63, 3.8) is 0 Å². The van der Waals surface area contributed by atoms with Gasteiger partial charge in [0.2, 0.25) is 0 Å². The highest BCUT2D eigenvalue weighted by atomic mass is 35.5. The molecule has 0 aliphatic heterocycles. The Balaban J connectivity index is 2.87. The van der Waals surface area contributed by atoms with Crippen molar-refractivity contribution in [2.24, 2.45) is 0 Å². The molecule has 0 aromatic heterocycles. The fourth-order valence-electron chi connectivity index (χ4n) is 1.64. The molecule has 0 amide bonds. The van der Waals surface area contributed by atoms with Gasteiger partial charge in [-0.3, -0.25) is 0 Å². The van der Waals surface area contributed by atoms with E-state index in [4.69, 9.17) is 29.6 Å². The van der Waals surface area contributed by atoms with Crippen LogP contribution < -0.4 is 5.32 Å². The van der Waals surface area contributed by atoms with Crippen LogP contribution in [0.25, 0.3) is 0 Å². The van der Waals surface area contributed by atoms with Gasteiger partial charge in [0.1, 0.15) is 0 Å². The third kappa shape index (κ3) is 4.06. The van der Waals surface area contributed by atoms with Gasteiger partial charge in [0.15, 0.2) is 0 Å². The van der Waals surface area contributed by atoms with E-state index in [9.17, 15) is 0 Å². The Morgan fingerprint density at radius 3 is 2.44 bits per heavy atom. The van der Waals surface area contributed by atoms with E-state index in [-0.39, 0.29) is 6.04 Å². The lowest BCUT2D eigenvalue weighted by molar-refractivity contribution is 0.523. The van der Waals surface area contributed by atoms with Crippen LogP contribution in [0, 0.1) is 12.3 Å². The van der Waals surface area contributed by atoms with Gasteiger partial charge in [-0.2, -0.15) is 0 Å². The van der Waals surface area contributed by atoms with E-state index in [2.05, 4.69) is 18.2 Å². The lowest BCUT2D eigenvalue weighted by Crippen LogP contribution is -2.20. The molecule has 0 saturated heterocycles. The topological polar surface area (TPSA) is 12.0 Å². The van der Waals surface area contributed by atoms with Crippen molar-refractivity contribution in [1.29, 1.82) is 0 Å². The van der Waals surface area contributed by atoms with Crippen LogP contribution in [0.2, 0.25) is 10.0 Å². The van der Waals surface area contributed by atoms with Crippen LogP contribution in [0.5, 0.6) is 0 Å². The first-order valence-corrected chi connectivity index (χ1v) is 6.05. The Labute approximate surface area is 107 Å². The van der Waals surface area contributed by atoms with Gasteiger partial charge in [-0.1, -0.05) is 30.1 Å². The number of rotatable bonds is 5. The molecule has 3 heteroatoms. The summed E-state index contributed by atoms with van der Waals surface area (Å²) in [6.07, 6.45) is 6.91. The average Bonchev–Trinajstić information content (AvgIpc) is 2.22. The van der Waals surface area contributed by atoms with Crippen molar-refractivity contribution < 1.29 is 0 Å². The molecule has 0 heterocycles. The number of terminal acetylenes is 1.